The van der Waals surface area contributed by atoms with Crippen LogP contribution >= 0.6 is 11.6 Å². The van der Waals surface area contributed by atoms with Crippen molar-refractivity contribution in [2.45, 2.75) is 23.8 Å². The second kappa shape index (κ2) is 10.3. The van der Waals surface area contributed by atoms with Crippen molar-refractivity contribution in [1.82, 2.24) is 9.62 Å². The molecule has 1 aliphatic heterocycles. The third-order valence-electron chi connectivity index (χ3n) is 4.75. The molecule has 0 aliphatic carbocycles. The van der Waals surface area contributed by atoms with Crippen molar-refractivity contribution in [1.29, 1.82) is 0 Å². The van der Waals surface area contributed by atoms with Crippen LogP contribution in [0.1, 0.15) is 23.2 Å². The fourth-order valence-electron chi connectivity index (χ4n) is 3.07. The van der Waals surface area contributed by atoms with Crippen LogP contribution in [0, 0.1) is 0 Å². The smallest absolute Gasteiger partial charge is 0.253 e. The van der Waals surface area contributed by atoms with Gasteiger partial charge in [-0.3, -0.25) is 4.79 Å². The van der Waals surface area contributed by atoms with Gasteiger partial charge in [0.15, 0.2) is 0 Å². The lowest BCUT2D eigenvalue weighted by Crippen LogP contribution is -2.33. The molecular weight excluding hydrogens is 428 g/mol. The average molecular weight is 453 g/mol. The van der Waals surface area contributed by atoms with Crippen LogP contribution in [0.3, 0.4) is 0 Å². The Hall–Kier alpha value is -2.13. The summed E-state index contributed by atoms with van der Waals surface area (Å²) in [4.78, 5) is 14.2. The molecule has 1 aliphatic rings. The van der Waals surface area contributed by atoms with Gasteiger partial charge in [-0.1, -0.05) is 23.7 Å². The topological polar surface area (TPSA) is 84.9 Å². The standard InChI is InChI=1S/C21H25ClN2O5S/c1-24(10-12-29-18-7-3-6-17(22)14-18)21(25)16-5-2-9-20(13-16)30(26,27)23-15-19-8-4-11-28-19/h2-3,5-7,9,13-14,19,23H,4,8,10-12,15H2,1H3. The predicted octanol–water partition coefficient (Wildman–Crippen LogP) is 2.95. The van der Waals surface area contributed by atoms with Crippen molar-refractivity contribution in [2.75, 3.05) is 33.4 Å². The molecule has 0 radical (unpaired) electrons. The molecule has 1 saturated heterocycles. The molecule has 0 bridgehead atoms. The molecule has 3 rings (SSSR count). The number of ether oxygens (including phenoxy) is 2. The van der Waals surface area contributed by atoms with Gasteiger partial charge in [0.2, 0.25) is 10.0 Å². The highest BCUT2D eigenvalue weighted by Gasteiger charge is 2.21. The van der Waals surface area contributed by atoms with Crippen LogP contribution in [0.4, 0.5) is 0 Å². The Morgan fingerprint density at radius 2 is 2.07 bits per heavy atom. The van der Waals surface area contributed by atoms with Gasteiger partial charge in [0.25, 0.3) is 5.91 Å². The summed E-state index contributed by atoms with van der Waals surface area (Å²) in [5, 5.41) is 0.572. The summed E-state index contributed by atoms with van der Waals surface area (Å²) >= 11 is 5.92. The summed E-state index contributed by atoms with van der Waals surface area (Å²) in [6.45, 7) is 1.49. The van der Waals surface area contributed by atoms with E-state index in [0.717, 1.165) is 12.8 Å². The van der Waals surface area contributed by atoms with Gasteiger partial charge in [0.1, 0.15) is 12.4 Å². The number of carbonyl (C=O) groups is 1. The quantitative estimate of drug-likeness (QED) is 0.632. The van der Waals surface area contributed by atoms with E-state index < -0.39 is 10.0 Å². The number of sulfonamides is 1. The predicted molar refractivity (Wildman–Crippen MR) is 115 cm³/mol. The van der Waals surface area contributed by atoms with Gasteiger partial charge in [-0.15, -0.1) is 0 Å². The van der Waals surface area contributed by atoms with Crippen molar-refractivity contribution < 1.29 is 22.7 Å². The second-order valence-corrected chi connectivity index (χ2v) is 9.25. The Morgan fingerprint density at radius 1 is 1.27 bits per heavy atom. The summed E-state index contributed by atoms with van der Waals surface area (Å²) in [5.74, 6) is 0.328. The first-order chi connectivity index (χ1) is 14.3. The Labute approximate surface area is 182 Å². The zero-order valence-electron chi connectivity index (χ0n) is 16.7. The highest BCUT2D eigenvalue weighted by Crippen LogP contribution is 2.18. The van der Waals surface area contributed by atoms with Gasteiger partial charge in [0, 0.05) is 30.8 Å². The molecule has 0 spiro atoms. The fourth-order valence-corrected chi connectivity index (χ4v) is 4.36. The van der Waals surface area contributed by atoms with Gasteiger partial charge in [-0.05, 0) is 49.2 Å². The number of halogens is 1. The van der Waals surface area contributed by atoms with Crippen molar-refractivity contribution in [2.24, 2.45) is 0 Å². The van der Waals surface area contributed by atoms with E-state index in [1.807, 2.05) is 0 Å². The number of nitrogens with one attached hydrogen (secondary N) is 1. The zero-order chi connectivity index (χ0) is 21.6. The van der Waals surface area contributed by atoms with E-state index in [0.29, 0.717) is 29.5 Å². The molecule has 9 heteroatoms. The average Bonchev–Trinajstić information content (AvgIpc) is 3.26. The second-order valence-electron chi connectivity index (χ2n) is 7.05. The van der Waals surface area contributed by atoms with E-state index in [9.17, 15) is 13.2 Å². The van der Waals surface area contributed by atoms with Crippen LogP contribution in [0.2, 0.25) is 5.02 Å². The summed E-state index contributed by atoms with van der Waals surface area (Å²) in [5.41, 5.74) is 0.292. The van der Waals surface area contributed by atoms with E-state index >= 15 is 0 Å². The van der Waals surface area contributed by atoms with Gasteiger partial charge in [-0.25, -0.2) is 13.1 Å². The minimum Gasteiger partial charge on any atom is -0.492 e. The van der Waals surface area contributed by atoms with Crippen molar-refractivity contribution in [3.8, 4) is 5.75 Å². The molecule has 1 atom stereocenters. The number of hydrogen-bond donors (Lipinski definition) is 1. The van der Waals surface area contributed by atoms with Gasteiger partial charge in [-0.2, -0.15) is 0 Å². The van der Waals surface area contributed by atoms with Crippen LogP contribution in [0.15, 0.2) is 53.4 Å². The largest absolute Gasteiger partial charge is 0.492 e. The van der Waals surface area contributed by atoms with Crippen LogP contribution in [-0.4, -0.2) is 58.7 Å². The SMILES string of the molecule is CN(CCOc1cccc(Cl)c1)C(=O)c1cccc(S(=O)(=O)NCC2CCCO2)c1. The maximum Gasteiger partial charge on any atom is 0.253 e. The summed E-state index contributed by atoms with van der Waals surface area (Å²) in [7, 11) is -2.09. The highest BCUT2D eigenvalue weighted by atomic mass is 35.5. The first-order valence-corrected chi connectivity index (χ1v) is 11.6. The number of carbonyl (C=O) groups excluding carboxylic acids is 1. The maximum absolute atomic E-state index is 12.7. The lowest BCUT2D eigenvalue weighted by Gasteiger charge is -2.18. The number of amides is 1. The van der Waals surface area contributed by atoms with E-state index in [1.54, 1.807) is 43.4 Å². The zero-order valence-corrected chi connectivity index (χ0v) is 18.3. The summed E-state index contributed by atoms with van der Waals surface area (Å²) in [6.07, 6.45) is 1.67. The molecule has 162 valence electrons. The molecule has 1 amide bonds. The fraction of sp³-hybridized carbons (Fsp3) is 0.381. The monoisotopic (exact) mass is 452 g/mol. The van der Waals surface area contributed by atoms with Crippen LogP contribution in [0.25, 0.3) is 0 Å². The molecule has 0 aromatic heterocycles. The Bertz CT molecular complexity index is 977. The number of benzene rings is 2. The minimum atomic E-state index is -3.72. The molecule has 2 aromatic carbocycles. The maximum atomic E-state index is 12.7. The number of likely N-dealkylation sites (N-methyl/N-ethyl adjacent to an activating group) is 1. The lowest BCUT2D eigenvalue weighted by molar-refractivity contribution is 0.0773. The molecule has 0 saturated carbocycles. The summed E-state index contributed by atoms with van der Waals surface area (Å²) in [6, 6.07) is 13.0. The van der Waals surface area contributed by atoms with E-state index in [-0.39, 0.29) is 30.1 Å². The lowest BCUT2D eigenvalue weighted by atomic mass is 10.2. The third kappa shape index (κ3) is 6.18. The van der Waals surface area contributed by atoms with Gasteiger partial charge >= 0.3 is 0 Å². The first kappa shape index (κ1) is 22.6. The van der Waals surface area contributed by atoms with E-state index in [2.05, 4.69) is 4.72 Å². The number of nitrogens with zero attached hydrogens (tertiary/aromatic N) is 1. The molecular formula is C21H25ClN2O5S. The minimum absolute atomic E-state index is 0.0509. The molecule has 1 N–H and O–H groups in total. The summed E-state index contributed by atoms with van der Waals surface area (Å²) < 4.78 is 38.7. The van der Waals surface area contributed by atoms with E-state index in [1.165, 1.54) is 17.0 Å². The van der Waals surface area contributed by atoms with Crippen molar-refractivity contribution >= 4 is 27.5 Å². The molecule has 2 aromatic rings. The van der Waals surface area contributed by atoms with Crippen molar-refractivity contribution in [3.05, 3.63) is 59.1 Å². The first-order valence-electron chi connectivity index (χ1n) is 9.70. The normalized spacial score (nSPS) is 16.4. The highest BCUT2D eigenvalue weighted by molar-refractivity contribution is 7.89. The number of rotatable bonds is 9. The molecule has 30 heavy (non-hydrogen) atoms. The Balaban J connectivity index is 1.57. The molecule has 1 unspecified atom stereocenters. The van der Waals surface area contributed by atoms with Crippen molar-refractivity contribution in [3.63, 3.8) is 0 Å². The van der Waals surface area contributed by atoms with Gasteiger partial charge in [0.05, 0.1) is 17.5 Å². The van der Waals surface area contributed by atoms with Crippen LogP contribution in [0.5, 0.6) is 5.75 Å². The van der Waals surface area contributed by atoms with Crippen LogP contribution < -0.4 is 9.46 Å². The Kier molecular flexibility index (Phi) is 7.71. The number of hydrogen-bond acceptors (Lipinski definition) is 5. The molecule has 1 fully saturated rings. The molecule has 7 nitrogen and oxygen atoms in total. The van der Waals surface area contributed by atoms with Crippen LogP contribution in [-0.2, 0) is 14.8 Å². The van der Waals surface area contributed by atoms with E-state index in [4.69, 9.17) is 21.1 Å². The molecule has 1 heterocycles. The third-order valence-corrected chi connectivity index (χ3v) is 6.41. The Morgan fingerprint density at radius 3 is 2.80 bits per heavy atom. The van der Waals surface area contributed by atoms with Gasteiger partial charge < -0.3 is 14.4 Å².